The second kappa shape index (κ2) is 7.47. The molecular weight excluding hydrogens is 240 g/mol. The summed E-state index contributed by atoms with van der Waals surface area (Å²) in [7, 11) is 0. The largest absolute Gasteiger partial charge is 0.102 e. The Bertz CT molecular complexity index is 452. The van der Waals surface area contributed by atoms with Gasteiger partial charge < -0.3 is 0 Å². The first kappa shape index (κ1) is 16.8. The molecule has 0 bridgehead atoms. The minimum Gasteiger partial charge on any atom is -0.102 e. The quantitative estimate of drug-likeness (QED) is 0.401. The van der Waals surface area contributed by atoms with Gasteiger partial charge in [0.05, 0.1) is 0 Å². The van der Waals surface area contributed by atoms with Crippen molar-refractivity contribution >= 4 is 0 Å². The Morgan fingerprint density at radius 3 is 2.65 bits per heavy atom. The van der Waals surface area contributed by atoms with Crippen LogP contribution < -0.4 is 0 Å². The predicted molar refractivity (Wildman–Crippen MR) is 91.7 cm³/mol. The topological polar surface area (TPSA) is 0 Å². The van der Waals surface area contributed by atoms with Crippen LogP contribution in [-0.4, -0.2) is 0 Å². The van der Waals surface area contributed by atoms with Crippen molar-refractivity contribution in [2.24, 2.45) is 11.3 Å². The van der Waals surface area contributed by atoms with E-state index in [1.807, 2.05) is 6.08 Å². The van der Waals surface area contributed by atoms with Crippen LogP contribution in [0.25, 0.3) is 0 Å². The fourth-order valence-electron chi connectivity index (χ4n) is 2.74. The summed E-state index contributed by atoms with van der Waals surface area (Å²) in [4.78, 5) is 0. The second-order valence-electron chi connectivity index (χ2n) is 6.66. The van der Waals surface area contributed by atoms with Crippen LogP contribution in [0.3, 0.4) is 0 Å². The Morgan fingerprint density at radius 1 is 1.35 bits per heavy atom. The van der Waals surface area contributed by atoms with Gasteiger partial charge in [0.25, 0.3) is 0 Å². The highest BCUT2D eigenvalue weighted by Gasteiger charge is 2.26. The summed E-state index contributed by atoms with van der Waals surface area (Å²) in [5, 5.41) is 0. The summed E-state index contributed by atoms with van der Waals surface area (Å²) < 4.78 is 0. The van der Waals surface area contributed by atoms with E-state index in [9.17, 15) is 0 Å². The van der Waals surface area contributed by atoms with E-state index in [4.69, 9.17) is 0 Å². The summed E-state index contributed by atoms with van der Waals surface area (Å²) in [6.07, 6.45) is 16.9. The van der Waals surface area contributed by atoms with E-state index >= 15 is 0 Å². The normalized spacial score (nSPS) is 21.8. The molecule has 0 aliphatic heterocycles. The highest BCUT2D eigenvalue weighted by atomic mass is 14.3. The highest BCUT2D eigenvalue weighted by Crippen LogP contribution is 2.40. The SMILES string of the molecule is C=CC(C)/C=C/C=C(C)\C=C\C1=C(C)CCCC1(C)C. The lowest BCUT2D eigenvalue weighted by Gasteiger charge is -2.32. The van der Waals surface area contributed by atoms with Gasteiger partial charge in [0.2, 0.25) is 0 Å². The Kier molecular flexibility index (Phi) is 6.26. The molecule has 0 nitrogen and oxygen atoms in total. The lowest BCUT2D eigenvalue weighted by Crippen LogP contribution is -2.19. The van der Waals surface area contributed by atoms with Crippen molar-refractivity contribution in [3.05, 3.63) is 59.8 Å². The molecule has 1 aliphatic rings. The zero-order chi connectivity index (χ0) is 15.2. The predicted octanol–water partition coefficient (Wildman–Crippen LogP) is 6.39. The average molecular weight is 270 g/mol. The lowest BCUT2D eigenvalue weighted by atomic mass is 9.72. The number of rotatable bonds is 5. The molecule has 0 aromatic heterocycles. The van der Waals surface area contributed by atoms with E-state index in [0.717, 1.165) is 0 Å². The standard InChI is InChI=1S/C20H30/c1-7-16(2)10-8-11-17(3)13-14-19-18(4)12-9-15-20(19,5)6/h7-8,10-11,13-14,16H,1,9,12,15H2,2-6H3/b10-8+,14-13+,17-11-. The molecule has 0 saturated heterocycles. The van der Waals surface area contributed by atoms with Gasteiger partial charge in [0.1, 0.15) is 0 Å². The molecule has 0 radical (unpaired) electrons. The second-order valence-corrected chi connectivity index (χ2v) is 6.66. The molecule has 1 rings (SSSR count). The smallest absolute Gasteiger partial charge is 0.00814 e. The van der Waals surface area contributed by atoms with Crippen LogP contribution in [0, 0.1) is 11.3 Å². The minimum atomic E-state index is 0.326. The van der Waals surface area contributed by atoms with Crippen molar-refractivity contribution in [3.8, 4) is 0 Å². The zero-order valence-corrected chi connectivity index (χ0v) is 13.9. The Hall–Kier alpha value is -1.30. The van der Waals surface area contributed by atoms with Crippen LogP contribution in [0.4, 0.5) is 0 Å². The molecule has 20 heavy (non-hydrogen) atoms. The summed E-state index contributed by atoms with van der Waals surface area (Å²) in [6.45, 7) is 15.1. The van der Waals surface area contributed by atoms with Crippen LogP contribution in [0.15, 0.2) is 59.8 Å². The molecular formula is C20H30. The zero-order valence-electron chi connectivity index (χ0n) is 13.9. The molecule has 0 aromatic carbocycles. The van der Waals surface area contributed by atoms with E-state index in [-0.39, 0.29) is 0 Å². The van der Waals surface area contributed by atoms with Gasteiger partial charge in [-0.1, -0.05) is 68.4 Å². The van der Waals surface area contributed by atoms with Crippen LogP contribution >= 0.6 is 0 Å². The van der Waals surface area contributed by atoms with Gasteiger partial charge in [0.15, 0.2) is 0 Å². The Morgan fingerprint density at radius 2 is 2.05 bits per heavy atom. The van der Waals surface area contributed by atoms with Crippen LogP contribution in [-0.2, 0) is 0 Å². The van der Waals surface area contributed by atoms with Crippen LogP contribution in [0.5, 0.6) is 0 Å². The molecule has 0 aromatic rings. The molecule has 0 spiro atoms. The Balaban J connectivity index is 2.78. The third kappa shape index (κ3) is 5.00. The van der Waals surface area contributed by atoms with Crippen LogP contribution in [0.1, 0.15) is 53.9 Å². The molecule has 1 atom stereocenters. The molecule has 0 amide bonds. The van der Waals surface area contributed by atoms with E-state index in [2.05, 4.69) is 71.6 Å². The van der Waals surface area contributed by atoms with Gasteiger partial charge in [-0.3, -0.25) is 0 Å². The lowest BCUT2D eigenvalue weighted by molar-refractivity contribution is 0.377. The maximum Gasteiger partial charge on any atom is -0.00814 e. The number of hydrogen-bond acceptors (Lipinski definition) is 0. The van der Waals surface area contributed by atoms with Gasteiger partial charge in [-0.05, 0) is 50.0 Å². The molecule has 1 unspecified atom stereocenters. The van der Waals surface area contributed by atoms with Crippen molar-refractivity contribution in [1.29, 1.82) is 0 Å². The monoisotopic (exact) mass is 270 g/mol. The fourth-order valence-corrected chi connectivity index (χ4v) is 2.74. The van der Waals surface area contributed by atoms with E-state index < -0.39 is 0 Å². The van der Waals surface area contributed by atoms with Crippen molar-refractivity contribution < 1.29 is 0 Å². The molecule has 1 aliphatic carbocycles. The van der Waals surface area contributed by atoms with Gasteiger partial charge in [0, 0.05) is 0 Å². The Labute approximate surface area is 125 Å². The first-order chi connectivity index (χ1) is 9.36. The maximum absolute atomic E-state index is 3.79. The van der Waals surface area contributed by atoms with Crippen molar-refractivity contribution in [1.82, 2.24) is 0 Å². The fraction of sp³-hybridized carbons (Fsp3) is 0.500. The number of allylic oxidation sites excluding steroid dienone is 9. The van der Waals surface area contributed by atoms with Crippen molar-refractivity contribution in [2.75, 3.05) is 0 Å². The van der Waals surface area contributed by atoms with Gasteiger partial charge in [-0.25, -0.2) is 0 Å². The minimum absolute atomic E-state index is 0.326. The number of hydrogen-bond donors (Lipinski definition) is 0. The average Bonchev–Trinajstić information content (AvgIpc) is 2.37. The van der Waals surface area contributed by atoms with E-state index in [1.165, 1.54) is 30.4 Å². The molecule has 0 heterocycles. The highest BCUT2D eigenvalue weighted by molar-refractivity contribution is 5.36. The summed E-state index contributed by atoms with van der Waals surface area (Å²) in [5.41, 5.74) is 4.70. The van der Waals surface area contributed by atoms with Gasteiger partial charge in [-0.15, -0.1) is 6.58 Å². The van der Waals surface area contributed by atoms with Crippen LogP contribution in [0.2, 0.25) is 0 Å². The third-order valence-electron chi connectivity index (χ3n) is 4.20. The van der Waals surface area contributed by atoms with Crippen molar-refractivity contribution in [2.45, 2.75) is 53.9 Å². The third-order valence-corrected chi connectivity index (χ3v) is 4.20. The summed E-state index contributed by atoms with van der Waals surface area (Å²) >= 11 is 0. The van der Waals surface area contributed by atoms with E-state index in [1.54, 1.807) is 5.57 Å². The first-order valence-corrected chi connectivity index (χ1v) is 7.73. The molecule has 0 heteroatoms. The maximum atomic E-state index is 3.79. The molecule has 110 valence electrons. The first-order valence-electron chi connectivity index (χ1n) is 7.73. The summed E-state index contributed by atoms with van der Waals surface area (Å²) in [6, 6.07) is 0. The van der Waals surface area contributed by atoms with Crippen molar-refractivity contribution in [3.63, 3.8) is 0 Å². The van der Waals surface area contributed by atoms with Gasteiger partial charge >= 0.3 is 0 Å². The summed E-state index contributed by atoms with van der Waals surface area (Å²) in [5.74, 6) is 0.435. The molecule has 0 saturated carbocycles. The van der Waals surface area contributed by atoms with E-state index in [0.29, 0.717) is 11.3 Å². The van der Waals surface area contributed by atoms with Gasteiger partial charge in [-0.2, -0.15) is 0 Å². The molecule has 0 N–H and O–H groups in total. The molecule has 0 fully saturated rings.